The fraction of sp³-hybridized carbons (Fsp3) is 0.800. The van der Waals surface area contributed by atoms with Crippen LogP contribution in [0, 0.1) is 0 Å². The highest BCUT2D eigenvalue weighted by Crippen LogP contribution is 2.37. The minimum atomic E-state index is 0.555. The number of aromatic nitrogens is 1. The SMILES string of the molecule is c1noc(C2CCCNC2)c1C1CCCCCC1. The molecule has 3 heteroatoms. The Morgan fingerprint density at radius 1 is 1.00 bits per heavy atom. The Hall–Kier alpha value is -0.830. The molecule has 100 valence electrons. The number of rotatable bonds is 2. The van der Waals surface area contributed by atoms with Crippen LogP contribution in [0.4, 0.5) is 0 Å². The third-order valence-electron chi connectivity index (χ3n) is 4.59. The molecular formula is C15H24N2O. The van der Waals surface area contributed by atoms with Gasteiger partial charge in [-0.05, 0) is 38.1 Å². The van der Waals surface area contributed by atoms with Crippen molar-refractivity contribution in [2.75, 3.05) is 13.1 Å². The predicted molar refractivity (Wildman–Crippen MR) is 71.8 cm³/mol. The van der Waals surface area contributed by atoms with Crippen LogP contribution >= 0.6 is 0 Å². The van der Waals surface area contributed by atoms with E-state index in [0.29, 0.717) is 11.8 Å². The monoisotopic (exact) mass is 248 g/mol. The Bertz CT molecular complexity index is 360. The van der Waals surface area contributed by atoms with Crippen molar-refractivity contribution in [1.82, 2.24) is 10.5 Å². The summed E-state index contributed by atoms with van der Waals surface area (Å²) in [6.07, 6.45) is 12.7. The van der Waals surface area contributed by atoms with Gasteiger partial charge >= 0.3 is 0 Å². The molecule has 1 saturated heterocycles. The Kier molecular flexibility index (Phi) is 3.99. The van der Waals surface area contributed by atoms with Crippen molar-refractivity contribution in [3.05, 3.63) is 17.5 Å². The van der Waals surface area contributed by atoms with Gasteiger partial charge < -0.3 is 9.84 Å². The van der Waals surface area contributed by atoms with Gasteiger partial charge in [0.2, 0.25) is 0 Å². The van der Waals surface area contributed by atoms with Crippen LogP contribution in [0.3, 0.4) is 0 Å². The van der Waals surface area contributed by atoms with E-state index in [1.54, 1.807) is 0 Å². The summed E-state index contributed by atoms with van der Waals surface area (Å²) in [7, 11) is 0. The molecule has 1 aromatic heterocycles. The van der Waals surface area contributed by atoms with Crippen LogP contribution in [-0.2, 0) is 0 Å². The van der Waals surface area contributed by atoms with Gasteiger partial charge in [0, 0.05) is 18.0 Å². The zero-order chi connectivity index (χ0) is 12.2. The normalized spacial score (nSPS) is 27.0. The van der Waals surface area contributed by atoms with E-state index in [4.69, 9.17) is 4.52 Å². The molecule has 3 rings (SSSR count). The maximum absolute atomic E-state index is 5.61. The summed E-state index contributed by atoms with van der Waals surface area (Å²) in [6.45, 7) is 2.22. The lowest BCUT2D eigenvalue weighted by Gasteiger charge is -2.23. The molecule has 2 fully saturated rings. The minimum Gasteiger partial charge on any atom is -0.361 e. The first-order chi connectivity index (χ1) is 8.95. The molecule has 0 aromatic carbocycles. The van der Waals surface area contributed by atoms with Gasteiger partial charge in [0.1, 0.15) is 5.76 Å². The molecule has 2 aliphatic rings. The van der Waals surface area contributed by atoms with Gasteiger partial charge in [-0.2, -0.15) is 0 Å². The number of hydrogen-bond donors (Lipinski definition) is 1. The van der Waals surface area contributed by atoms with Crippen molar-refractivity contribution < 1.29 is 4.52 Å². The van der Waals surface area contributed by atoms with Gasteiger partial charge in [0.25, 0.3) is 0 Å². The molecule has 1 aromatic rings. The molecule has 1 N–H and O–H groups in total. The summed E-state index contributed by atoms with van der Waals surface area (Å²) in [6, 6.07) is 0. The van der Waals surface area contributed by atoms with Crippen LogP contribution in [0.1, 0.15) is 74.5 Å². The zero-order valence-electron chi connectivity index (χ0n) is 11.2. The molecule has 3 nitrogen and oxygen atoms in total. The second kappa shape index (κ2) is 5.87. The average molecular weight is 248 g/mol. The Balaban J connectivity index is 1.76. The highest BCUT2D eigenvalue weighted by molar-refractivity contribution is 5.23. The van der Waals surface area contributed by atoms with Crippen LogP contribution in [0.2, 0.25) is 0 Å². The summed E-state index contributed by atoms with van der Waals surface area (Å²) in [4.78, 5) is 0. The molecule has 0 amide bonds. The molecule has 2 heterocycles. The van der Waals surface area contributed by atoms with E-state index in [1.165, 1.54) is 62.7 Å². The second-order valence-electron chi connectivity index (χ2n) is 5.88. The van der Waals surface area contributed by atoms with Gasteiger partial charge in [-0.25, -0.2) is 0 Å². The topological polar surface area (TPSA) is 38.1 Å². The molecule has 1 unspecified atom stereocenters. The fourth-order valence-electron chi connectivity index (χ4n) is 3.54. The summed E-state index contributed by atoms with van der Waals surface area (Å²) >= 11 is 0. The maximum Gasteiger partial charge on any atom is 0.144 e. The number of nitrogens with one attached hydrogen (secondary N) is 1. The minimum absolute atomic E-state index is 0.555. The molecule has 1 atom stereocenters. The van der Waals surface area contributed by atoms with E-state index < -0.39 is 0 Å². The lowest BCUT2D eigenvalue weighted by atomic mass is 9.86. The first-order valence-electron chi connectivity index (χ1n) is 7.60. The lowest BCUT2D eigenvalue weighted by molar-refractivity contribution is 0.325. The predicted octanol–water partition coefficient (Wildman–Crippen LogP) is 3.58. The fourth-order valence-corrected chi connectivity index (χ4v) is 3.54. The average Bonchev–Trinajstić information content (AvgIpc) is 2.75. The number of hydrogen-bond acceptors (Lipinski definition) is 3. The van der Waals surface area contributed by atoms with Gasteiger partial charge in [0.05, 0.1) is 6.20 Å². The van der Waals surface area contributed by atoms with E-state index in [1.807, 2.05) is 6.20 Å². The molecule has 0 radical (unpaired) electrons. The molecule has 18 heavy (non-hydrogen) atoms. The molecular weight excluding hydrogens is 224 g/mol. The number of piperidine rings is 1. The summed E-state index contributed by atoms with van der Waals surface area (Å²) in [5.74, 6) is 2.45. The Morgan fingerprint density at radius 3 is 2.50 bits per heavy atom. The Morgan fingerprint density at radius 2 is 1.78 bits per heavy atom. The zero-order valence-corrected chi connectivity index (χ0v) is 11.2. The molecule has 0 bridgehead atoms. The van der Waals surface area contributed by atoms with E-state index in [-0.39, 0.29) is 0 Å². The van der Waals surface area contributed by atoms with Gasteiger partial charge in [-0.3, -0.25) is 0 Å². The first-order valence-corrected chi connectivity index (χ1v) is 7.60. The largest absolute Gasteiger partial charge is 0.361 e. The smallest absolute Gasteiger partial charge is 0.144 e. The van der Waals surface area contributed by atoms with Crippen molar-refractivity contribution in [2.24, 2.45) is 0 Å². The Labute approximate surface area is 109 Å². The van der Waals surface area contributed by atoms with Gasteiger partial charge in [-0.1, -0.05) is 30.8 Å². The van der Waals surface area contributed by atoms with Crippen LogP contribution < -0.4 is 5.32 Å². The van der Waals surface area contributed by atoms with Crippen LogP contribution in [-0.4, -0.2) is 18.2 Å². The van der Waals surface area contributed by atoms with Crippen molar-refractivity contribution in [2.45, 2.75) is 63.2 Å². The lowest BCUT2D eigenvalue weighted by Crippen LogP contribution is -2.28. The highest BCUT2D eigenvalue weighted by Gasteiger charge is 2.26. The standard InChI is InChI=1S/C15H24N2O/c1-2-4-7-12(6-3-1)14-11-17-18-15(14)13-8-5-9-16-10-13/h11-13,16H,1-10H2. The molecule has 1 aliphatic carbocycles. The van der Waals surface area contributed by atoms with E-state index >= 15 is 0 Å². The van der Waals surface area contributed by atoms with Crippen LogP contribution in [0.15, 0.2) is 10.7 Å². The van der Waals surface area contributed by atoms with Crippen molar-refractivity contribution >= 4 is 0 Å². The van der Waals surface area contributed by atoms with Crippen LogP contribution in [0.5, 0.6) is 0 Å². The quantitative estimate of drug-likeness (QED) is 0.813. The molecule has 0 spiro atoms. The van der Waals surface area contributed by atoms with Crippen molar-refractivity contribution in [3.8, 4) is 0 Å². The maximum atomic E-state index is 5.61. The van der Waals surface area contributed by atoms with Gasteiger partial charge in [0.15, 0.2) is 0 Å². The van der Waals surface area contributed by atoms with Crippen molar-refractivity contribution in [1.29, 1.82) is 0 Å². The van der Waals surface area contributed by atoms with E-state index in [0.717, 1.165) is 13.1 Å². The third-order valence-corrected chi connectivity index (χ3v) is 4.59. The highest BCUT2D eigenvalue weighted by atomic mass is 16.5. The number of nitrogens with zero attached hydrogens (tertiary/aromatic N) is 1. The summed E-state index contributed by atoms with van der Waals surface area (Å²) < 4.78 is 5.61. The summed E-state index contributed by atoms with van der Waals surface area (Å²) in [5, 5.41) is 7.58. The first kappa shape index (κ1) is 12.2. The van der Waals surface area contributed by atoms with Crippen LogP contribution in [0.25, 0.3) is 0 Å². The van der Waals surface area contributed by atoms with E-state index in [9.17, 15) is 0 Å². The molecule has 1 aliphatic heterocycles. The van der Waals surface area contributed by atoms with Crippen molar-refractivity contribution in [3.63, 3.8) is 0 Å². The second-order valence-corrected chi connectivity index (χ2v) is 5.88. The third kappa shape index (κ3) is 2.61. The summed E-state index contributed by atoms with van der Waals surface area (Å²) in [5.41, 5.74) is 1.42. The van der Waals surface area contributed by atoms with E-state index in [2.05, 4.69) is 10.5 Å². The molecule has 1 saturated carbocycles. The van der Waals surface area contributed by atoms with Gasteiger partial charge in [-0.15, -0.1) is 0 Å².